The van der Waals surface area contributed by atoms with Crippen molar-refractivity contribution in [2.24, 2.45) is 13.0 Å². The molecule has 1 saturated carbocycles. The van der Waals surface area contributed by atoms with Gasteiger partial charge in [0.2, 0.25) is 5.91 Å². The van der Waals surface area contributed by atoms with Gasteiger partial charge in [0.15, 0.2) is 17.3 Å². The summed E-state index contributed by atoms with van der Waals surface area (Å²) in [4.78, 5) is 33.2. The van der Waals surface area contributed by atoms with Crippen LogP contribution in [0.25, 0.3) is 11.3 Å². The maximum atomic E-state index is 12.7. The first-order valence-electron chi connectivity index (χ1n) is 11.8. The van der Waals surface area contributed by atoms with Gasteiger partial charge in [-0.15, -0.1) is 10.2 Å². The van der Waals surface area contributed by atoms with Gasteiger partial charge < -0.3 is 20.9 Å². The highest BCUT2D eigenvalue weighted by Gasteiger charge is 2.34. The number of aryl methyl sites for hydroxylation is 2. The normalized spacial score (nSPS) is 16.3. The van der Waals surface area contributed by atoms with Crippen LogP contribution < -0.4 is 20.9 Å². The number of carbonyl (C=O) groups excluding carboxylic acids is 2. The molecule has 0 spiro atoms. The first-order chi connectivity index (χ1) is 17.6. The number of pyridine rings is 1. The number of nitrogens with zero attached hydrogens (tertiary/aromatic N) is 7. The highest BCUT2D eigenvalue weighted by Crippen LogP contribution is 2.46. The van der Waals surface area contributed by atoms with Crippen molar-refractivity contribution < 1.29 is 18.4 Å². The molecule has 14 heteroatoms. The Labute approximate surface area is 210 Å². The van der Waals surface area contributed by atoms with E-state index in [1.807, 2.05) is 31.9 Å². The monoisotopic (exact) mass is 512 g/mol. The minimum Gasteiger partial charge on any atom is -0.363 e. The van der Waals surface area contributed by atoms with E-state index in [4.69, 9.17) is 0 Å². The van der Waals surface area contributed by atoms with Crippen LogP contribution in [0.5, 0.6) is 0 Å². The Hall–Kier alpha value is -4.23. The average molecular weight is 513 g/mol. The third-order valence-corrected chi connectivity index (χ3v) is 6.32. The molecule has 3 N–H and O–H groups in total. The predicted molar refractivity (Wildman–Crippen MR) is 131 cm³/mol. The molecule has 1 atom stereocenters. The highest BCUT2D eigenvalue weighted by molar-refractivity contribution is 6.00. The van der Waals surface area contributed by atoms with E-state index in [1.54, 1.807) is 7.05 Å². The van der Waals surface area contributed by atoms with Crippen LogP contribution >= 0.6 is 0 Å². The number of fused-ring (bicyclic) bond motifs is 3. The quantitative estimate of drug-likeness (QED) is 0.435. The van der Waals surface area contributed by atoms with Gasteiger partial charge in [0, 0.05) is 37.3 Å². The highest BCUT2D eigenvalue weighted by atomic mass is 19.3. The lowest BCUT2D eigenvalue weighted by Crippen LogP contribution is -2.30. The lowest BCUT2D eigenvalue weighted by molar-refractivity contribution is -0.117. The fraction of sp³-hybridized carbons (Fsp3) is 0.435. The summed E-state index contributed by atoms with van der Waals surface area (Å²) >= 11 is 0. The molecule has 12 nitrogen and oxygen atoms in total. The Kier molecular flexibility index (Phi) is 6.17. The second-order valence-corrected chi connectivity index (χ2v) is 9.20. The third-order valence-electron chi connectivity index (χ3n) is 6.32. The van der Waals surface area contributed by atoms with E-state index in [0.717, 1.165) is 29.8 Å². The molecule has 4 heterocycles. The summed E-state index contributed by atoms with van der Waals surface area (Å²) in [6.07, 6.45) is -1.13. The van der Waals surface area contributed by atoms with E-state index in [-0.39, 0.29) is 35.1 Å². The van der Waals surface area contributed by atoms with Gasteiger partial charge in [-0.2, -0.15) is 15.0 Å². The predicted octanol–water partition coefficient (Wildman–Crippen LogP) is 2.57. The van der Waals surface area contributed by atoms with Crippen molar-refractivity contribution in [3.05, 3.63) is 29.2 Å². The largest absolute Gasteiger partial charge is 0.363 e. The van der Waals surface area contributed by atoms with Crippen molar-refractivity contribution in [3.63, 3.8) is 0 Å². The molecule has 3 aromatic rings. The molecule has 0 saturated heterocycles. The Morgan fingerprint density at radius 1 is 1.16 bits per heavy atom. The van der Waals surface area contributed by atoms with Crippen molar-refractivity contribution in [2.75, 3.05) is 29.1 Å². The molecule has 1 aliphatic carbocycles. The molecule has 0 aromatic carbocycles. The zero-order chi connectivity index (χ0) is 26.4. The molecule has 1 fully saturated rings. The SMILES string of the molecule is Cc1cc2c(c(Nc3cc(NC(=O)C4CC4)nnc3C(=O)NCC(F)F)n1)N(C)[C@@H](C)c1nn(C)nc1-2. The number of hydrogen-bond donors (Lipinski definition) is 3. The minimum atomic E-state index is -2.73. The first kappa shape index (κ1) is 24.5. The molecule has 194 valence electrons. The minimum absolute atomic E-state index is 0.0750. The van der Waals surface area contributed by atoms with Crippen LogP contribution in [0, 0.1) is 12.8 Å². The van der Waals surface area contributed by atoms with Gasteiger partial charge in [-0.3, -0.25) is 9.59 Å². The van der Waals surface area contributed by atoms with Gasteiger partial charge in [0.25, 0.3) is 12.3 Å². The summed E-state index contributed by atoms with van der Waals surface area (Å²) in [6, 6.07) is 3.22. The van der Waals surface area contributed by atoms with E-state index >= 15 is 0 Å². The number of carbonyl (C=O) groups is 2. The summed E-state index contributed by atoms with van der Waals surface area (Å²) in [5.74, 6) is -0.575. The topological polar surface area (TPSA) is 143 Å². The summed E-state index contributed by atoms with van der Waals surface area (Å²) < 4.78 is 25.5. The van der Waals surface area contributed by atoms with E-state index in [0.29, 0.717) is 17.2 Å². The second kappa shape index (κ2) is 9.33. The number of nitrogens with one attached hydrogen (secondary N) is 3. The van der Waals surface area contributed by atoms with Crippen LogP contribution in [0.1, 0.15) is 47.7 Å². The number of aromatic nitrogens is 6. The lowest BCUT2D eigenvalue weighted by atomic mass is 9.98. The van der Waals surface area contributed by atoms with Crippen molar-refractivity contribution in [3.8, 4) is 11.3 Å². The Morgan fingerprint density at radius 3 is 2.62 bits per heavy atom. The number of alkyl halides is 2. The Bertz CT molecular complexity index is 1390. The smallest absolute Gasteiger partial charge is 0.274 e. The van der Waals surface area contributed by atoms with Crippen LogP contribution in [0.15, 0.2) is 12.1 Å². The van der Waals surface area contributed by atoms with Crippen molar-refractivity contribution in [1.29, 1.82) is 0 Å². The molecule has 2 aliphatic rings. The number of halogens is 2. The number of anilines is 4. The maximum absolute atomic E-state index is 12.7. The van der Waals surface area contributed by atoms with Gasteiger partial charge in [0.05, 0.1) is 24.0 Å². The number of hydrogen-bond acceptors (Lipinski definition) is 9. The van der Waals surface area contributed by atoms with Crippen LogP contribution in [-0.4, -0.2) is 62.0 Å². The number of amides is 2. The van der Waals surface area contributed by atoms with Gasteiger partial charge >= 0.3 is 0 Å². The molecule has 5 rings (SSSR count). The van der Waals surface area contributed by atoms with Gasteiger partial charge in [0.1, 0.15) is 11.4 Å². The molecule has 3 aromatic heterocycles. The van der Waals surface area contributed by atoms with E-state index in [2.05, 4.69) is 41.3 Å². The van der Waals surface area contributed by atoms with Gasteiger partial charge in [-0.25, -0.2) is 13.8 Å². The Balaban J connectivity index is 1.57. The average Bonchev–Trinajstić information content (AvgIpc) is 3.62. The van der Waals surface area contributed by atoms with Gasteiger partial charge in [-0.1, -0.05) is 0 Å². The first-order valence-corrected chi connectivity index (χ1v) is 11.8. The second-order valence-electron chi connectivity index (χ2n) is 9.20. The third kappa shape index (κ3) is 4.78. The molecular weight excluding hydrogens is 486 g/mol. The zero-order valence-electron chi connectivity index (χ0n) is 20.7. The molecule has 0 bridgehead atoms. The zero-order valence-corrected chi connectivity index (χ0v) is 20.7. The van der Waals surface area contributed by atoms with Crippen LogP contribution in [-0.2, 0) is 11.8 Å². The number of rotatable bonds is 7. The van der Waals surface area contributed by atoms with Crippen molar-refractivity contribution in [2.45, 2.75) is 39.2 Å². The molecule has 1 aliphatic heterocycles. The van der Waals surface area contributed by atoms with E-state index in [9.17, 15) is 18.4 Å². The lowest BCUT2D eigenvalue weighted by Gasteiger charge is -2.33. The van der Waals surface area contributed by atoms with Crippen molar-refractivity contribution in [1.82, 2.24) is 35.5 Å². The summed E-state index contributed by atoms with van der Waals surface area (Å²) in [5.41, 5.74) is 3.66. The molecule has 37 heavy (non-hydrogen) atoms. The van der Waals surface area contributed by atoms with Crippen LogP contribution in [0.3, 0.4) is 0 Å². The maximum Gasteiger partial charge on any atom is 0.274 e. The fourth-order valence-electron chi connectivity index (χ4n) is 4.23. The van der Waals surface area contributed by atoms with Crippen molar-refractivity contribution >= 4 is 34.8 Å². The molecule has 2 amide bonds. The Morgan fingerprint density at radius 2 is 1.92 bits per heavy atom. The van der Waals surface area contributed by atoms with Crippen LogP contribution in [0.4, 0.5) is 31.8 Å². The fourth-order valence-corrected chi connectivity index (χ4v) is 4.23. The van der Waals surface area contributed by atoms with Crippen LogP contribution in [0.2, 0.25) is 0 Å². The summed E-state index contributed by atoms with van der Waals surface area (Å²) in [6.45, 7) is 2.97. The molecule has 0 radical (unpaired) electrons. The standard InChI is InChI=1S/C23H26F2N10O2/c1-10-7-13-18-17(32-35(4)33-18)11(2)34(3)20(13)21(27-10)28-14-8-16(29-22(36)12-5-6-12)30-31-19(14)23(37)26-9-15(24)25/h7-8,11-12,15H,5-6,9H2,1-4H3,(H,26,37)(H2,27,28,29,30,36)/t11-/m0/s1. The van der Waals surface area contributed by atoms with Gasteiger partial charge in [-0.05, 0) is 32.8 Å². The molecule has 0 unspecified atom stereocenters. The molecular formula is C23H26F2N10O2. The van der Waals surface area contributed by atoms with E-state index in [1.165, 1.54) is 10.9 Å². The summed E-state index contributed by atoms with van der Waals surface area (Å²) in [7, 11) is 3.65. The van der Waals surface area contributed by atoms with E-state index < -0.39 is 18.9 Å². The summed E-state index contributed by atoms with van der Waals surface area (Å²) in [5, 5.41) is 24.9.